The summed E-state index contributed by atoms with van der Waals surface area (Å²) in [4.78, 5) is 12.6. The van der Waals surface area contributed by atoms with E-state index in [1.807, 2.05) is 0 Å². The largest absolute Gasteiger partial charge is 0.416 e. The fraction of sp³-hybridized carbons (Fsp3) is 0.286. The smallest absolute Gasteiger partial charge is 0.358 e. The van der Waals surface area contributed by atoms with E-state index < -0.39 is 22.5 Å². The quantitative estimate of drug-likeness (QED) is 0.605. The third-order valence-corrected chi connectivity index (χ3v) is 1.59. The average molecular weight is 221 g/mol. The fourth-order valence-electron chi connectivity index (χ4n) is 0.934. The van der Waals surface area contributed by atoms with E-state index in [-0.39, 0.29) is 12.2 Å². The van der Waals surface area contributed by atoms with E-state index in [1.54, 1.807) is 0 Å². The standard InChI is InChI=1S/C7H6F3N3O2/c8-7(9,10)4-1-5(3-11)12-6(2-4)13(14)15/h1-2H,3,11H2. The molecule has 1 rings (SSSR count). The maximum absolute atomic E-state index is 12.3. The van der Waals surface area contributed by atoms with E-state index >= 15 is 0 Å². The molecule has 0 radical (unpaired) electrons. The average Bonchev–Trinajstić information content (AvgIpc) is 2.15. The molecule has 0 spiro atoms. The molecule has 0 saturated heterocycles. The van der Waals surface area contributed by atoms with Crippen LogP contribution in [0.2, 0.25) is 0 Å². The number of aromatic nitrogens is 1. The van der Waals surface area contributed by atoms with Gasteiger partial charge in [-0.15, -0.1) is 0 Å². The number of hydrogen-bond acceptors (Lipinski definition) is 4. The van der Waals surface area contributed by atoms with Gasteiger partial charge in [0, 0.05) is 6.07 Å². The number of nitro groups is 1. The molecule has 0 saturated carbocycles. The molecule has 0 aliphatic rings. The summed E-state index contributed by atoms with van der Waals surface area (Å²) in [6, 6.07) is 1.06. The minimum Gasteiger partial charge on any atom is -0.358 e. The van der Waals surface area contributed by atoms with Gasteiger partial charge >= 0.3 is 12.0 Å². The fourth-order valence-corrected chi connectivity index (χ4v) is 0.934. The lowest BCUT2D eigenvalue weighted by molar-refractivity contribution is -0.389. The van der Waals surface area contributed by atoms with Gasteiger partial charge in [0.1, 0.15) is 0 Å². The second-order valence-electron chi connectivity index (χ2n) is 2.66. The van der Waals surface area contributed by atoms with Crippen molar-refractivity contribution < 1.29 is 18.1 Å². The molecule has 1 heterocycles. The minimum absolute atomic E-state index is 0.170. The van der Waals surface area contributed by atoms with E-state index in [0.29, 0.717) is 12.1 Å². The van der Waals surface area contributed by atoms with Gasteiger partial charge in [-0.2, -0.15) is 13.2 Å². The van der Waals surface area contributed by atoms with Crippen LogP contribution in [-0.4, -0.2) is 9.91 Å². The number of nitrogens with zero attached hydrogens (tertiary/aromatic N) is 2. The van der Waals surface area contributed by atoms with Crippen molar-refractivity contribution in [2.75, 3.05) is 0 Å². The van der Waals surface area contributed by atoms with Crippen molar-refractivity contribution in [3.63, 3.8) is 0 Å². The van der Waals surface area contributed by atoms with Crippen LogP contribution < -0.4 is 5.73 Å². The van der Waals surface area contributed by atoms with Gasteiger partial charge in [-0.05, 0) is 16.0 Å². The number of nitrogens with two attached hydrogens (primary N) is 1. The Morgan fingerprint density at radius 1 is 1.47 bits per heavy atom. The predicted octanol–water partition coefficient (Wildman–Crippen LogP) is 1.47. The van der Waals surface area contributed by atoms with E-state index in [0.717, 1.165) is 0 Å². The van der Waals surface area contributed by atoms with Gasteiger partial charge in [0.2, 0.25) is 0 Å². The van der Waals surface area contributed by atoms with Gasteiger partial charge in [-0.1, -0.05) is 0 Å². The molecule has 0 aliphatic carbocycles. The van der Waals surface area contributed by atoms with Gasteiger partial charge in [0.05, 0.1) is 12.1 Å². The van der Waals surface area contributed by atoms with Crippen LogP contribution in [0.15, 0.2) is 12.1 Å². The Hall–Kier alpha value is -1.70. The Kier molecular flexibility index (Phi) is 2.89. The molecule has 0 bridgehead atoms. The first-order chi connectivity index (χ1) is 6.84. The summed E-state index contributed by atoms with van der Waals surface area (Å²) in [5, 5.41) is 10.3. The van der Waals surface area contributed by atoms with Crippen LogP contribution in [-0.2, 0) is 12.7 Å². The highest BCUT2D eigenvalue weighted by atomic mass is 19.4. The Morgan fingerprint density at radius 3 is 2.47 bits per heavy atom. The number of halogens is 3. The van der Waals surface area contributed by atoms with Crippen LogP contribution in [0, 0.1) is 10.1 Å². The highest BCUT2D eigenvalue weighted by Crippen LogP contribution is 2.31. The lowest BCUT2D eigenvalue weighted by Crippen LogP contribution is -2.10. The zero-order valence-electron chi connectivity index (χ0n) is 7.28. The second kappa shape index (κ2) is 3.81. The molecule has 0 fully saturated rings. The molecule has 1 aromatic heterocycles. The number of alkyl halides is 3. The van der Waals surface area contributed by atoms with Gasteiger partial charge in [-0.25, -0.2) is 0 Å². The maximum Gasteiger partial charge on any atom is 0.416 e. The highest BCUT2D eigenvalue weighted by Gasteiger charge is 2.33. The van der Waals surface area contributed by atoms with Crippen molar-refractivity contribution in [1.29, 1.82) is 0 Å². The SMILES string of the molecule is NCc1cc(C(F)(F)F)cc([N+](=O)[O-])n1. The van der Waals surface area contributed by atoms with Crippen molar-refractivity contribution in [3.05, 3.63) is 33.5 Å². The van der Waals surface area contributed by atoms with Crippen LogP contribution in [0.5, 0.6) is 0 Å². The molecule has 0 amide bonds. The van der Waals surface area contributed by atoms with Gasteiger partial charge in [0.15, 0.2) is 5.69 Å². The summed E-state index contributed by atoms with van der Waals surface area (Å²) in [5.41, 5.74) is 3.79. The Balaban J connectivity index is 3.30. The molecule has 0 aliphatic heterocycles. The van der Waals surface area contributed by atoms with E-state index in [9.17, 15) is 23.3 Å². The summed E-state index contributed by atoms with van der Waals surface area (Å²) >= 11 is 0. The lowest BCUT2D eigenvalue weighted by Gasteiger charge is -2.05. The molecule has 0 unspecified atom stereocenters. The minimum atomic E-state index is -4.64. The third-order valence-electron chi connectivity index (χ3n) is 1.59. The molecule has 82 valence electrons. The molecule has 1 aromatic rings. The van der Waals surface area contributed by atoms with Crippen molar-refractivity contribution in [3.8, 4) is 0 Å². The van der Waals surface area contributed by atoms with Crippen LogP contribution >= 0.6 is 0 Å². The number of rotatable bonds is 2. The first-order valence-corrected chi connectivity index (χ1v) is 3.77. The van der Waals surface area contributed by atoms with Crippen molar-refractivity contribution >= 4 is 5.82 Å². The Labute approximate surface area is 81.9 Å². The summed E-state index contributed by atoms with van der Waals surface area (Å²) in [6.07, 6.45) is -4.64. The zero-order valence-corrected chi connectivity index (χ0v) is 7.28. The molecular formula is C7H6F3N3O2. The van der Waals surface area contributed by atoms with Crippen LogP contribution in [0.1, 0.15) is 11.3 Å². The monoisotopic (exact) mass is 221 g/mol. The van der Waals surface area contributed by atoms with Gasteiger partial charge < -0.3 is 15.8 Å². The Bertz CT molecular complexity index is 392. The van der Waals surface area contributed by atoms with Crippen LogP contribution in [0.4, 0.5) is 19.0 Å². The maximum atomic E-state index is 12.3. The van der Waals surface area contributed by atoms with Gasteiger partial charge in [-0.3, -0.25) is 0 Å². The predicted molar refractivity (Wildman–Crippen MR) is 43.8 cm³/mol. The molecule has 2 N–H and O–H groups in total. The molecule has 8 heteroatoms. The van der Waals surface area contributed by atoms with Crippen molar-refractivity contribution in [1.82, 2.24) is 4.98 Å². The lowest BCUT2D eigenvalue weighted by atomic mass is 10.2. The van der Waals surface area contributed by atoms with E-state index in [4.69, 9.17) is 5.73 Å². The summed E-state index contributed by atoms with van der Waals surface area (Å²) < 4.78 is 36.8. The van der Waals surface area contributed by atoms with Gasteiger partial charge in [0.25, 0.3) is 0 Å². The zero-order chi connectivity index (χ0) is 11.6. The van der Waals surface area contributed by atoms with Crippen molar-refractivity contribution in [2.45, 2.75) is 12.7 Å². The van der Waals surface area contributed by atoms with Crippen LogP contribution in [0.25, 0.3) is 0 Å². The normalized spacial score (nSPS) is 11.5. The molecule has 0 aromatic carbocycles. The number of hydrogen-bond donors (Lipinski definition) is 1. The molecule has 0 atom stereocenters. The molecule has 15 heavy (non-hydrogen) atoms. The Morgan fingerprint density at radius 2 is 2.07 bits per heavy atom. The van der Waals surface area contributed by atoms with E-state index in [1.165, 1.54) is 0 Å². The second-order valence-corrected chi connectivity index (χ2v) is 2.66. The summed E-state index contributed by atoms with van der Waals surface area (Å²) in [6.45, 7) is -0.287. The summed E-state index contributed by atoms with van der Waals surface area (Å²) in [7, 11) is 0. The molecular weight excluding hydrogens is 215 g/mol. The van der Waals surface area contributed by atoms with Crippen LogP contribution in [0.3, 0.4) is 0 Å². The van der Waals surface area contributed by atoms with E-state index in [2.05, 4.69) is 4.98 Å². The summed E-state index contributed by atoms with van der Waals surface area (Å²) in [5.74, 6) is -0.856. The third kappa shape index (κ3) is 2.62. The first kappa shape index (κ1) is 11.4. The van der Waals surface area contributed by atoms with Crippen molar-refractivity contribution in [2.24, 2.45) is 5.73 Å². The number of pyridine rings is 1. The highest BCUT2D eigenvalue weighted by molar-refractivity contribution is 5.31. The first-order valence-electron chi connectivity index (χ1n) is 3.77. The topological polar surface area (TPSA) is 82.0 Å². The molecule has 5 nitrogen and oxygen atoms in total.